The van der Waals surface area contributed by atoms with Crippen molar-refractivity contribution in [2.75, 3.05) is 11.4 Å². The van der Waals surface area contributed by atoms with Gasteiger partial charge in [-0.25, -0.2) is 0 Å². The average molecular weight is 339 g/mol. The Balaban J connectivity index is 2.48. The van der Waals surface area contributed by atoms with Crippen molar-refractivity contribution in [3.05, 3.63) is 58.1 Å². The Kier molecular flexibility index (Phi) is 4.89. The van der Waals surface area contributed by atoms with E-state index in [-0.39, 0.29) is 0 Å². The summed E-state index contributed by atoms with van der Waals surface area (Å²) in [6.07, 6.45) is 0. The fourth-order valence-electron chi connectivity index (χ4n) is 2.21. The zero-order valence-electron chi connectivity index (χ0n) is 11.2. The molecule has 0 atom stereocenters. The molecule has 0 aliphatic rings. The van der Waals surface area contributed by atoms with Crippen LogP contribution in [0.3, 0.4) is 0 Å². The highest BCUT2D eigenvalue weighted by atomic mass is 79.9. The third-order valence-electron chi connectivity index (χ3n) is 3.11. The van der Waals surface area contributed by atoms with Crippen LogP contribution in [0.15, 0.2) is 46.9 Å². The topological polar surface area (TPSA) is 3.24 Å². The molecule has 0 spiro atoms. The van der Waals surface area contributed by atoms with Crippen LogP contribution in [0.4, 0.5) is 11.4 Å². The standard InChI is InChI=1S/C16H17BrClN/c1-3-19(15-6-4-5-12(2)9-15)16-8-7-14(17)10-13(16)11-18/h4-10H,3,11H2,1-2H3. The Morgan fingerprint density at radius 2 is 1.95 bits per heavy atom. The number of aryl methyl sites for hydroxylation is 1. The fraction of sp³-hybridized carbons (Fsp3) is 0.250. The quantitative estimate of drug-likeness (QED) is 0.651. The highest BCUT2D eigenvalue weighted by Gasteiger charge is 2.11. The summed E-state index contributed by atoms with van der Waals surface area (Å²) in [5.41, 5.74) is 4.78. The van der Waals surface area contributed by atoms with Crippen molar-refractivity contribution in [2.45, 2.75) is 19.7 Å². The number of hydrogen-bond donors (Lipinski definition) is 0. The third-order valence-corrected chi connectivity index (χ3v) is 3.89. The highest BCUT2D eigenvalue weighted by molar-refractivity contribution is 9.10. The van der Waals surface area contributed by atoms with Gasteiger partial charge in [0, 0.05) is 28.3 Å². The van der Waals surface area contributed by atoms with Crippen LogP contribution in [0.2, 0.25) is 0 Å². The molecule has 0 radical (unpaired) electrons. The first-order valence-electron chi connectivity index (χ1n) is 6.34. The molecule has 2 aromatic rings. The van der Waals surface area contributed by atoms with Gasteiger partial charge in [0.1, 0.15) is 0 Å². The van der Waals surface area contributed by atoms with Gasteiger partial charge < -0.3 is 4.90 Å². The number of nitrogens with zero attached hydrogens (tertiary/aromatic N) is 1. The number of hydrogen-bond acceptors (Lipinski definition) is 1. The Morgan fingerprint density at radius 3 is 2.58 bits per heavy atom. The van der Waals surface area contributed by atoms with Crippen molar-refractivity contribution in [3.63, 3.8) is 0 Å². The largest absolute Gasteiger partial charge is 0.342 e. The number of halogens is 2. The average Bonchev–Trinajstić information content (AvgIpc) is 2.41. The van der Waals surface area contributed by atoms with Crippen LogP contribution in [0.25, 0.3) is 0 Å². The number of anilines is 2. The number of alkyl halides is 1. The molecule has 2 rings (SSSR count). The van der Waals surface area contributed by atoms with Gasteiger partial charge in [0.15, 0.2) is 0 Å². The first-order valence-corrected chi connectivity index (χ1v) is 7.67. The van der Waals surface area contributed by atoms with E-state index >= 15 is 0 Å². The maximum atomic E-state index is 6.08. The molecule has 0 heterocycles. The van der Waals surface area contributed by atoms with E-state index in [1.54, 1.807) is 0 Å². The summed E-state index contributed by atoms with van der Waals surface area (Å²) < 4.78 is 1.06. The third kappa shape index (κ3) is 3.31. The summed E-state index contributed by atoms with van der Waals surface area (Å²) in [5.74, 6) is 0.511. The van der Waals surface area contributed by atoms with E-state index in [4.69, 9.17) is 11.6 Å². The molecule has 100 valence electrons. The molecule has 0 amide bonds. The fourth-order valence-corrected chi connectivity index (χ4v) is 2.83. The second-order valence-corrected chi connectivity index (χ2v) is 5.67. The molecule has 0 unspecified atom stereocenters. The van der Waals surface area contributed by atoms with E-state index in [0.717, 1.165) is 16.6 Å². The van der Waals surface area contributed by atoms with Crippen molar-refractivity contribution < 1.29 is 0 Å². The normalized spacial score (nSPS) is 10.5. The predicted octanol–water partition coefficient (Wildman–Crippen LogP) is 5.65. The lowest BCUT2D eigenvalue weighted by Crippen LogP contribution is -2.17. The van der Waals surface area contributed by atoms with Crippen molar-refractivity contribution in [2.24, 2.45) is 0 Å². The van der Waals surface area contributed by atoms with Gasteiger partial charge in [0.2, 0.25) is 0 Å². The van der Waals surface area contributed by atoms with Gasteiger partial charge in [0.05, 0.1) is 0 Å². The van der Waals surface area contributed by atoms with Gasteiger partial charge in [-0.05, 0) is 55.3 Å². The van der Waals surface area contributed by atoms with Crippen LogP contribution < -0.4 is 4.90 Å². The van der Waals surface area contributed by atoms with Crippen molar-refractivity contribution in [3.8, 4) is 0 Å². The molecule has 0 N–H and O–H groups in total. The van der Waals surface area contributed by atoms with Crippen molar-refractivity contribution in [1.82, 2.24) is 0 Å². The van der Waals surface area contributed by atoms with Crippen molar-refractivity contribution in [1.29, 1.82) is 0 Å². The van der Waals surface area contributed by atoms with E-state index in [1.807, 2.05) is 0 Å². The molecule has 0 saturated heterocycles. The molecular weight excluding hydrogens is 322 g/mol. The van der Waals surface area contributed by atoms with E-state index in [9.17, 15) is 0 Å². The molecule has 3 heteroatoms. The molecule has 2 aromatic carbocycles. The number of rotatable bonds is 4. The lowest BCUT2D eigenvalue weighted by atomic mass is 10.1. The van der Waals surface area contributed by atoms with Gasteiger partial charge in [-0.2, -0.15) is 0 Å². The number of benzene rings is 2. The molecule has 19 heavy (non-hydrogen) atoms. The second kappa shape index (κ2) is 6.44. The Bertz CT molecular complexity index is 568. The summed E-state index contributed by atoms with van der Waals surface area (Å²) in [6.45, 7) is 5.18. The Hall–Kier alpha value is -0.990. The van der Waals surface area contributed by atoms with Crippen LogP contribution in [0, 0.1) is 6.92 Å². The minimum Gasteiger partial charge on any atom is -0.342 e. The van der Waals surface area contributed by atoms with Crippen molar-refractivity contribution >= 4 is 38.9 Å². The Labute approximate surface area is 128 Å². The zero-order valence-corrected chi connectivity index (χ0v) is 13.5. The van der Waals surface area contributed by atoms with E-state index in [2.05, 4.69) is 77.1 Å². The molecular formula is C16H17BrClN. The summed E-state index contributed by atoms with van der Waals surface area (Å²) >= 11 is 9.58. The van der Waals surface area contributed by atoms with Crippen LogP contribution in [-0.2, 0) is 5.88 Å². The summed E-state index contributed by atoms with van der Waals surface area (Å²) in [6, 6.07) is 14.8. The summed E-state index contributed by atoms with van der Waals surface area (Å²) in [5, 5.41) is 0. The molecule has 0 bridgehead atoms. The maximum absolute atomic E-state index is 6.08. The minimum atomic E-state index is 0.511. The van der Waals surface area contributed by atoms with Gasteiger partial charge in [-0.3, -0.25) is 0 Å². The lowest BCUT2D eigenvalue weighted by Gasteiger charge is -2.26. The van der Waals surface area contributed by atoms with E-state index in [1.165, 1.54) is 16.9 Å². The minimum absolute atomic E-state index is 0.511. The van der Waals surface area contributed by atoms with Crippen LogP contribution >= 0.6 is 27.5 Å². The van der Waals surface area contributed by atoms with Crippen LogP contribution in [0.5, 0.6) is 0 Å². The lowest BCUT2D eigenvalue weighted by molar-refractivity contribution is 1.01. The van der Waals surface area contributed by atoms with Crippen LogP contribution in [0.1, 0.15) is 18.1 Å². The Morgan fingerprint density at radius 1 is 1.16 bits per heavy atom. The van der Waals surface area contributed by atoms with Gasteiger partial charge in [0.25, 0.3) is 0 Å². The SMILES string of the molecule is CCN(c1cccc(C)c1)c1ccc(Br)cc1CCl. The molecule has 0 fully saturated rings. The first-order chi connectivity index (χ1) is 9.15. The second-order valence-electron chi connectivity index (χ2n) is 4.49. The van der Waals surface area contributed by atoms with Crippen LogP contribution in [-0.4, -0.2) is 6.54 Å². The van der Waals surface area contributed by atoms with E-state index < -0.39 is 0 Å². The van der Waals surface area contributed by atoms with Gasteiger partial charge in [-0.1, -0.05) is 28.1 Å². The molecule has 0 saturated carbocycles. The zero-order chi connectivity index (χ0) is 13.8. The molecule has 1 nitrogen and oxygen atoms in total. The summed E-state index contributed by atoms with van der Waals surface area (Å²) in [7, 11) is 0. The van der Waals surface area contributed by atoms with Gasteiger partial charge in [-0.15, -0.1) is 11.6 Å². The highest BCUT2D eigenvalue weighted by Crippen LogP contribution is 2.31. The smallest absolute Gasteiger partial charge is 0.0495 e. The maximum Gasteiger partial charge on any atom is 0.0495 e. The van der Waals surface area contributed by atoms with Gasteiger partial charge >= 0.3 is 0 Å². The molecule has 0 aliphatic heterocycles. The molecule has 0 aromatic heterocycles. The predicted molar refractivity (Wildman–Crippen MR) is 87.6 cm³/mol. The summed E-state index contributed by atoms with van der Waals surface area (Å²) in [4.78, 5) is 2.29. The first kappa shape index (κ1) is 14.4. The van der Waals surface area contributed by atoms with E-state index in [0.29, 0.717) is 5.88 Å². The monoisotopic (exact) mass is 337 g/mol. The molecule has 0 aliphatic carbocycles.